The Bertz CT molecular complexity index is 55.4. The summed E-state index contributed by atoms with van der Waals surface area (Å²) < 4.78 is 2.96. The maximum atomic E-state index is 3.03. The summed E-state index contributed by atoms with van der Waals surface area (Å²) >= 11 is 1.58. The molecule has 0 heterocycles. The minimum absolute atomic E-state index is 0.979. The molecule has 0 aromatic rings. The highest BCUT2D eigenvalue weighted by atomic mass is 32.2. The van der Waals surface area contributed by atoms with E-state index in [1.807, 2.05) is 18.7 Å². The second-order valence-corrected chi connectivity index (χ2v) is 1.86. The van der Waals surface area contributed by atoms with Crippen LogP contribution in [0.2, 0.25) is 0 Å². The monoisotopic (exact) mass is 132 g/mol. The number of hydrogen-bond donors (Lipinski definition) is 2. The van der Waals surface area contributed by atoms with Gasteiger partial charge in [0.15, 0.2) is 0 Å². The van der Waals surface area contributed by atoms with E-state index in [1.54, 1.807) is 11.9 Å². The van der Waals surface area contributed by atoms with Crippen molar-refractivity contribution in [2.75, 3.05) is 12.8 Å². The van der Waals surface area contributed by atoms with Crippen LogP contribution in [0.3, 0.4) is 0 Å². The normalized spacial score (nSPS) is 9.75. The lowest BCUT2D eigenvalue weighted by molar-refractivity contribution is 0.914. The minimum Gasteiger partial charge on any atom is -0.390 e. The van der Waals surface area contributed by atoms with Gasteiger partial charge < -0.3 is 10.0 Å². The quantitative estimate of drug-likeness (QED) is 0.557. The summed E-state index contributed by atoms with van der Waals surface area (Å²) in [5, 5.41) is 3.03. The minimum atomic E-state index is 0.979. The van der Waals surface area contributed by atoms with Crippen molar-refractivity contribution in [3.63, 3.8) is 0 Å². The summed E-state index contributed by atoms with van der Waals surface area (Å²) in [6, 6.07) is 0. The number of rotatable bonds is 4. The van der Waals surface area contributed by atoms with Gasteiger partial charge >= 0.3 is 0 Å². The summed E-state index contributed by atoms with van der Waals surface area (Å²) in [5.41, 5.74) is 0. The Morgan fingerprint density at radius 1 is 1.50 bits per heavy atom. The van der Waals surface area contributed by atoms with E-state index >= 15 is 0 Å². The van der Waals surface area contributed by atoms with Gasteiger partial charge in [0.05, 0.1) is 0 Å². The van der Waals surface area contributed by atoms with Crippen molar-refractivity contribution in [2.24, 2.45) is 0 Å². The molecule has 0 rings (SSSR count). The van der Waals surface area contributed by atoms with Crippen LogP contribution in [0, 0.1) is 0 Å². The van der Waals surface area contributed by atoms with Gasteiger partial charge in [-0.15, -0.1) is 0 Å². The van der Waals surface area contributed by atoms with Crippen LogP contribution in [0.25, 0.3) is 0 Å². The maximum Gasteiger partial charge on any atom is 0.0229 e. The SMILES string of the molecule is CCN/C=C\NSC. The third-order valence-electron chi connectivity index (χ3n) is 0.591. The Balaban J connectivity index is 2.83. The van der Waals surface area contributed by atoms with Gasteiger partial charge in [0.1, 0.15) is 0 Å². The third-order valence-corrected chi connectivity index (χ3v) is 0.963. The second kappa shape index (κ2) is 6.69. The predicted molar refractivity (Wildman–Crippen MR) is 39.5 cm³/mol. The van der Waals surface area contributed by atoms with Crippen molar-refractivity contribution < 1.29 is 0 Å². The molecule has 0 aromatic carbocycles. The van der Waals surface area contributed by atoms with Gasteiger partial charge in [0, 0.05) is 25.2 Å². The molecule has 0 aromatic heterocycles. The van der Waals surface area contributed by atoms with Gasteiger partial charge in [-0.1, -0.05) is 11.9 Å². The largest absolute Gasteiger partial charge is 0.390 e. The average Bonchev–Trinajstić information content (AvgIpc) is 1.81. The molecule has 0 unspecified atom stereocenters. The van der Waals surface area contributed by atoms with Crippen LogP contribution >= 0.6 is 11.9 Å². The van der Waals surface area contributed by atoms with Crippen LogP contribution < -0.4 is 10.0 Å². The van der Waals surface area contributed by atoms with Gasteiger partial charge in [0.2, 0.25) is 0 Å². The van der Waals surface area contributed by atoms with Crippen LogP contribution in [0.5, 0.6) is 0 Å². The first-order valence-corrected chi connectivity index (χ1v) is 3.81. The molecule has 0 amide bonds. The second-order valence-electron chi connectivity index (χ2n) is 1.21. The number of nitrogens with one attached hydrogen (secondary N) is 2. The van der Waals surface area contributed by atoms with Crippen molar-refractivity contribution >= 4 is 11.9 Å². The summed E-state index contributed by atoms with van der Waals surface area (Å²) in [6.45, 7) is 3.04. The average molecular weight is 132 g/mol. The first kappa shape index (κ1) is 7.69. The van der Waals surface area contributed by atoms with Crippen molar-refractivity contribution in [3.05, 3.63) is 12.4 Å². The van der Waals surface area contributed by atoms with Crippen LogP contribution in [0.15, 0.2) is 12.4 Å². The summed E-state index contributed by atoms with van der Waals surface area (Å²) in [6.07, 6.45) is 5.74. The predicted octanol–water partition coefficient (Wildman–Crippen LogP) is 0.935. The molecular weight excluding hydrogens is 120 g/mol. The molecule has 2 nitrogen and oxygen atoms in total. The molecule has 0 spiro atoms. The summed E-state index contributed by atoms with van der Waals surface area (Å²) in [7, 11) is 0. The van der Waals surface area contributed by atoms with Crippen molar-refractivity contribution in [2.45, 2.75) is 6.92 Å². The van der Waals surface area contributed by atoms with Gasteiger partial charge in [-0.05, 0) is 6.92 Å². The zero-order valence-corrected chi connectivity index (χ0v) is 6.09. The van der Waals surface area contributed by atoms with E-state index in [4.69, 9.17) is 0 Å². The highest BCUT2D eigenvalue weighted by molar-refractivity contribution is 7.96. The molecule has 0 saturated carbocycles. The Morgan fingerprint density at radius 3 is 2.75 bits per heavy atom. The van der Waals surface area contributed by atoms with Crippen LogP contribution in [-0.2, 0) is 0 Å². The maximum absolute atomic E-state index is 3.03. The molecule has 0 aliphatic heterocycles. The Kier molecular flexibility index (Phi) is 6.43. The highest BCUT2D eigenvalue weighted by Gasteiger charge is 1.65. The molecule has 0 bridgehead atoms. The van der Waals surface area contributed by atoms with Gasteiger partial charge in [-0.2, -0.15) is 0 Å². The van der Waals surface area contributed by atoms with Crippen molar-refractivity contribution in [1.29, 1.82) is 0 Å². The van der Waals surface area contributed by atoms with Crippen LogP contribution in [-0.4, -0.2) is 12.8 Å². The fraction of sp³-hybridized carbons (Fsp3) is 0.600. The van der Waals surface area contributed by atoms with Crippen LogP contribution in [0.1, 0.15) is 6.92 Å². The highest BCUT2D eigenvalue weighted by Crippen LogP contribution is 1.78. The Labute approximate surface area is 54.9 Å². The molecule has 2 N–H and O–H groups in total. The lowest BCUT2D eigenvalue weighted by atomic mass is 10.7. The van der Waals surface area contributed by atoms with E-state index in [-0.39, 0.29) is 0 Å². The lowest BCUT2D eigenvalue weighted by Gasteiger charge is -1.91. The zero-order valence-electron chi connectivity index (χ0n) is 5.27. The van der Waals surface area contributed by atoms with Crippen molar-refractivity contribution in [1.82, 2.24) is 10.0 Å². The standard InChI is InChI=1S/C5H12N2S/c1-3-6-4-5-7-8-2/h4-7H,3H2,1-2H3/b5-4-. The smallest absolute Gasteiger partial charge is 0.0229 e. The van der Waals surface area contributed by atoms with Crippen molar-refractivity contribution in [3.8, 4) is 0 Å². The molecule has 0 aliphatic carbocycles. The van der Waals surface area contributed by atoms with E-state index in [9.17, 15) is 0 Å². The fourth-order valence-corrected chi connectivity index (χ4v) is 0.483. The molecule has 0 aliphatic rings. The van der Waals surface area contributed by atoms with E-state index in [0.29, 0.717) is 0 Å². The molecule has 3 heteroatoms. The first-order valence-electron chi connectivity index (χ1n) is 2.58. The molecule has 0 radical (unpaired) electrons. The Hall–Kier alpha value is -0.310. The molecule has 0 fully saturated rings. The molecule has 48 valence electrons. The molecular formula is C5H12N2S. The van der Waals surface area contributed by atoms with Gasteiger partial charge in [-0.3, -0.25) is 0 Å². The van der Waals surface area contributed by atoms with E-state index < -0.39 is 0 Å². The summed E-state index contributed by atoms with van der Waals surface area (Å²) in [4.78, 5) is 0. The molecule has 0 atom stereocenters. The van der Waals surface area contributed by atoms with E-state index in [1.165, 1.54) is 0 Å². The number of hydrogen-bond acceptors (Lipinski definition) is 3. The van der Waals surface area contributed by atoms with Gasteiger partial charge in [-0.25, -0.2) is 0 Å². The first-order chi connectivity index (χ1) is 3.91. The Morgan fingerprint density at radius 2 is 2.25 bits per heavy atom. The fourth-order valence-electron chi connectivity index (χ4n) is 0.279. The zero-order chi connectivity index (χ0) is 6.24. The van der Waals surface area contributed by atoms with E-state index in [0.717, 1.165) is 6.54 Å². The topological polar surface area (TPSA) is 24.1 Å². The summed E-state index contributed by atoms with van der Waals surface area (Å²) in [5.74, 6) is 0. The van der Waals surface area contributed by atoms with E-state index in [2.05, 4.69) is 17.0 Å². The van der Waals surface area contributed by atoms with Gasteiger partial charge in [0.25, 0.3) is 0 Å². The van der Waals surface area contributed by atoms with Crippen LogP contribution in [0.4, 0.5) is 0 Å². The third kappa shape index (κ3) is 5.69. The molecule has 0 saturated heterocycles. The molecule has 8 heavy (non-hydrogen) atoms. The lowest BCUT2D eigenvalue weighted by Crippen LogP contribution is -2.03.